The lowest BCUT2D eigenvalue weighted by Gasteiger charge is -2.27. The molecule has 0 radical (unpaired) electrons. The average Bonchev–Trinajstić information content (AvgIpc) is 2.65. The molecule has 0 aliphatic carbocycles. The molecule has 92 valence electrons. The van der Waals surface area contributed by atoms with Crippen LogP contribution >= 0.6 is 0 Å². The fourth-order valence-electron chi connectivity index (χ4n) is 2.37. The van der Waals surface area contributed by atoms with Crippen molar-refractivity contribution in [1.82, 2.24) is 9.21 Å². The van der Waals surface area contributed by atoms with Crippen LogP contribution in [0.3, 0.4) is 0 Å². The van der Waals surface area contributed by atoms with Crippen LogP contribution in [0.5, 0.6) is 0 Å². The van der Waals surface area contributed by atoms with Crippen LogP contribution in [0.4, 0.5) is 0 Å². The summed E-state index contributed by atoms with van der Waals surface area (Å²) in [7, 11) is -1.33. The van der Waals surface area contributed by atoms with Gasteiger partial charge in [-0.1, -0.05) is 0 Å². The van der Waals surface area contributed by atoms with Crippen LogP contribution in [0.25, 0.3) is 0 Å². The second kappa shape index (κ2) is 4.43. The van der Waals surface area contributed by atoms with Crippen molar-refractivity contribution in [1.29, 1.82) is 0 Å². The highest BCUT2D eigenvalue weighted by Gasteiger charge is 2.37. The molecule has 0 amide bonds. The first kappa shape index (κ1) is 12.0. The van der Waals surface area contributed by atoms with Crippen molar-refractivity contribution in [3.05, 3.63) is 0 Å². The minimum absolute atomic E-state index is 0.0428. The van der Waals surface area contributed by atoms with Crippen molar-refractivity contribution in [2.45, 2.75) is 24.5 Å². The molecule has 0 aromatic carbocycles. The Balaban J connectivity index is 2.09. The second-order valence-corrected chi connectivity index (χ2v) is 6.91. The summed E-state index contributed by atoms with van der Waals surface area (Å²) in [5, 5.41) is -0.316. The predicted octanol–water partition coefficient (Wildman–Crippen LogP) is -0.315. The number of hydrogen-bond donors (Lipinski definition) is 0. The smallest absolute Gasteiger partial charge is 0.218 e. The first-order valence-corrected chi connectivity index (χ1v) is 7.19. The minimum atomic E-state index is -3.26. The van der Waals surface area contributed by atoms with Gasteiger partial charge < -0.3 is 4.90 Å². The predicted molar refractivity (Wildman–Crippen MR) is 60.6 cm³/mol. The molecule has 0 aromatic heterocycles. The summed E-state index contributed by atoms with van der Waals surface area (Å²) in [5.74, 6) is 0.0428. The molecule has 0 spiro atoms. The quantitative estimate of drug-likeness (QED) is 0.670. The van der Waals surface area contributed by atoms with Crippen LogP contribution in [-0.2, 0) is 14.8 Å². The van der Waals surface area contributed by atoms with Crippen LogP contribution in [-0.4, -0.2) is 61.9 Å². The largest absolute Gasteiger partial charge is 0.305 e. The molecular formula is C10H18N2O3S. The third kappa shape index (κ3) is 2.28. The Morgan fingerprint density at radius 2 is 2.06 bits per heavy atom. The van der Waals surface area contributed by atoms with E-state index in [-0.39, 0.29) is 17.6 Å². The van der Waals surface area contributed by atoms with Crippen LogP contribution < -0.4 is 0 Å². The van der Waals surface area contributed by atoms with Gasteiger partial charge in [-0.05, 0) is 26.4 Å². The Labute approximate surface area is 96.5 Å². The summed E-state index contributed by atoms with van der Waals surface area (Å²) in [4.78, 5) is 13.3. The Bertz CT molecular complexity index is 380. The lowest BCUT2D eigenvalue weighted by Crippen LogP contribution is -2.45. The molecule has 2 aliphatic rings. The molecule has 1 atom stereocenters. The van der Waals surface area contributed by atoms with Crippen molar-refractivity contribution >= 4 is 15.8 Å². The molecule has 5 nitrogen and oxygen atoms in total. The molecule has 2 rings (SSSR count). The standard InChI is InChI=1S/C10H18N2O3S/c1-11-6-4-10(8-11)16(14,15)12-5-2-3-9(13)7-12/h10H,2-8H2,1H3. The summed E-state index contributed by atoms with van der Waals surface area (Å²) in [6, 6.07) is 0. The van der Waals surface area contributed by atoms with E-state index in [1.807, 2.05) is 11.9 Å². The lowest BCUT2D eigenvalue weighted by atomic mass is 10.1. The van der Waals surface area contributed by atoms with E-state index >= 15 is 0 Å². The van der Waals surface area contributed by atoms with Gasteiger partial charge in [-0.3, -0.25) is 4.79 Å². The molecule has 2 fully saturated rings. The van der Waals surface area contributed by atoms with Crippen molar-refractivity contribution in [3.63, 3.8) is 0 Å². The van der Waals surface area contributed by atoms with Crippen molar-refractivity contribution in [2.24, 2.45) is 0 Å². The van der Waals surface area contributed by atoms with Gasteiger partial charge in [-0.2, -0.15) is 4.31 Å². The average molecular weight is 246 g/mol. The first-order chi connectivity index (χ1) is 7.50. The van der Waals surface area contributed by atoms with E-state index in [1.165, 1.54) is 4.31 Å². The highest BCUT2D eigenvalue weighted by atomic mass is 32.2. The molecule has 1 unspecified atom stereocenters. The minimum Gasteiger partial charge on any atom is -0.305 e. The van der Waals surface area contributed by atoms with Crippen LogP contribution in [0.2, 0.25) is 0 Å². The van der Waals surface area contributed by atoms with Crippen LogP contribution in [0.1, 0.15) is 19.3 Å². The molecule has 0 aromatic rings. The van der Waals surface area contributed by atoms with E-state index in [0.717, 1.165) is 6.54 Å². The number of carbonyl (C=O) groups excluding carboxylic acids is 1. The molecule has 2 saturated heterocycles. The summed E-state index contributed by atoms with van der Waals surface area (Å²) in [6.07, 6.45) is 1.88. The number of carbonyl (C=O) groups is 1. The van der Waals surface area contributed by atoms with E-state index < -0.39 is 10.0 Å². The SMILES string of the molecule is CN1CCC(S(=O)(=O)N2CCCC(=O)C2)C1. The number of Topliss-reactive ketones (excluding diaryl/α,β-unsaturated/α-hetero) is 1. The van der Waals surface area contributed by atoms with E-state index in [0.29, 0.717) is 32.4 Å². The normalized spacial score (nSPS) is 29.8. The maximum Gasteiger partial charge on any atom is 0.218 e. The summed E-state index contributed by atoms with van der Waals surface area (Å²) in [5.41, 5.74) is 0. The molecule has 0 N–H and O–H groups in total. The van der Waals surface area contributed by atoms with Gasteiger partial charge in [0, 0.05) is 19.5 Å². The van der Waals surface area contributed by atoms with Gasteiger partial charge in [0.05, 0.1) is 11.8 Å². The summed E-state index contributed by atoms with van der Waals surface area (Å²) in [6.45, 7) is 2.01. The topological polar surface area (TPSA) is 57.7 Å². The molecule has 6 heteroatoms. The number of rotatable bonds is 2. The monoisotopic (exact) mass is 246 g/mol. The third-order valence-electron chi connectivity index (χ3n) is 3.35. The van der Waals surface area contributed by atoms with Crippen LogP contribution in [0, 0.1) is 0 Å². The third-order valence-corrected chi connectivity index (χ3v) is 5.60. The fraction of sp³-hybridized carbons (Fsp3) is 0.900. The van der Waals surface area contributed by atoms with Crippen molar-refractivity contribution in [3.8, 4) is 0 Å². The van der Waals surface area contributed by atoms with Gasteiger partial charge in [0.2, 0.25) is 10.0 Å². The van der Waals surface area contributed by atoms with Crippen LogP contribution in [0.15, 0.2) is 0 Å². The zero-order valence-electron chi connectivity index (χ0n) is 9.55. The molecular weight excluding hydrogens is 228 g/mol. The Morgan fingerprint density at radius 3 is 2.62 bits per heavy atom. The van der Waals surface area contributed by atoms with Crippen molar-refractivity contribution in [2.75, 3.05) is 33.2 Å². The zero-order valence-corrected chi connectivity index (χ0v) is 10.4. The fourth-order valence-corrected chi connectivity index (χ4v) is 4.35. The van der Waals surface area contributed by atoms with E-state index in [9.17, 15) is 13.2 Å². The number of likely N-dealkylation sites (tertiary alicyclic amines) is 1. The van der Waals surface area contributed by atoms with Gasteiger partial charge in [-0.25, -0.2) is 8.42 Å². The van der Waals surface area contributed by atoms with Gasteiger partial charge in [0.15, 0.2) is 0 Å². The number of hydrogen-bond acceptors (Lipinski definition) is 4. The molecule has 16 heavy (non-hydrogen) atoms. The highest BCUT2D eigenvalue weighted by Crippen LogP contribution is 2.21. The summed E-state index contributed by atoms with van der Waals surface area (Å²) < 4.78 is 25.8. The Morgan fingerprint density at radius 1 is 1.31 bits per heavy atom. The maximum absolute atomic E-state index is 12.2. The second-order valence-electron chi connectivity index (χ2n) is 4.69. The van der Waals surface area contributed by atoms with Crippen molar-refractivity contribution < 1.29 is 13.2 Å². The lowest BCUT2D eigenvalue weighted by molar-refractivity contribution is -0.120. The highest BCUT2D eigenvalue weighted by molar-refractivity contribution is 7.89. The van der Waals surface area contributed by atoms with Gasteiger partial charge in [-0.15, -0.1) is 0 Å². The summed E-state index contributed by atoms with van der Waals surface area (Å²) >= 11 is 0. The Kier molecular flexibility index (Phi) is 3.32. The number of nitrogens with zero attached hydrogens (tertiary/aromatic N) is 2. The molecule has 0 saturated carbocycles. The zero-order chi connectivity index (χ0) is 11.8. The Hall–Kier alpha value is -0.460. The first-order valence-electron chi connectivity index (χ1n) is 5.69. The maximum atomic E-state index is 12.2. The molecule has 2 aliphatic heterocycles. The molecule has 0 bridgehead atoms. The van der Waals surface area contributed by atoms with E-state index in [1.54, 1.807) is 0 Å². The number of sulfonamides is 1. The molecule has 2 heterocycles. The van der Waals surface area contributed by atoms with Gasteiger partial charge >= 0.3 is 0 Å². The van der Waals surface area contributed by atoms with Gasteiger partial charge in [0.1, 0.15) is 5.78 Å². The number of ketones is 1. The van der Waals surface area contributed by atoms with E-state index in [2.05, 4.69) is 0 Å². The van der Waals surface area contributed by atoms with E-state index in [4.69, 9.17) is 0 Å². The van der Waals surface area contributed by atoms with Gasteiger partial charge in [0.25, 0.3) is 0 Å². The number of piperidine rings is 1.